The van der Waals surface area contributed by atoms with E-state index in [1.165, 1.54) is 5.57 Å². The lowest BCUT2D eigenvalue weighted by Crippen LogP contribution is -2.45. The van der Waals surface area contributed by atoms with Gasteiger partial charge >= 0.3 is 0 Å². The standard InChI is InChI=1S/C15H26O2/c1-10-5-8-13(16)12-7-6-11(14(2,3)17)9-15(10,12)4/h7,10-11,13,16-17H,5-6,8-9H2,1-4H3. The molecular formula is C15H26O2. The lowest BCUT2D eigenvalue weighted by molar-refractivity contribution is -0.0258. The molecule has 0 aromatic heterocycles. The molecule has 2 aliphatic carbocycles. The van der Waals surface area contributed by atoms with Gasteiger partial charge in [0.2, 0.25) is 0 Å². The van der Waals surface area contributed by atoms with Crippen LogP contribution in [-0.2, 0) is 0 Å². The first-order valence-corrected chi connectivity index (χ1v) is 6.86. The van der Waals surface area contributed by atoms with Gasteiger partial charge in [-0.3, -0.25) is 0 Å². The van der Waals surface area contributed by atoms with Gasteiger partial charge in [-0.15, -0.1) is 0 Å². The number of allylic oxidation sites excluding steroid dienone is 1. The van der Waals surface area contributed by atoms with Crippen LogP contribution in [0.5, 0.6) is 0 Å². The summed E-state index contributed by atoms with van der Waals surface area (Å²) in [5.41, 5.74) is 0.699. The maximum atomic E-state index is 10.2. The fraction of sp³-hybridized carbons (Fsp3) is 0.867. The summed E-state index contributed by atoms with van der Waals surface area (Å²) in [5, 5.41) is 20.4. The van der Waals surface area contributed by atoms with Crippen LogP contribution in [0, 0.1) is 17.3 Å². The Hall–Kier alpha value is -0.340. The Balaban J connectivity index is 2.31. The first-order valence-electron chi connectivity index (χ1n) is 6.86. The van der Waals surface area contributed by atoms with Crippen molar-refractivity contribution in [2.75, 3.05) is 0 Å². The first kappa shape index (κ1) is 13.1. The van der Waals surface area contributed by atoms with Crippen molar-refractivity contribution >= 4 is 0 Å². The van der Waals surface area contributed by atoms with Crippen molar-refractivity contribution in [3.05, 3.63) is 11.6 Å². The third kappa shape index (κ3) is 2.17. The molecule has 2 heteroatoms. The molecule has 2 rings (SSSR count). The van der Waals surface area contributed by atoms with Crippen LogP contribution in [0.3, 0.4) is 0 Å². The highest BCUT2D eigenvalue weighted by atomic mass is 16.3. The Labute approximate surface area is 105 Å². The number of hydrogen-bond donors (Lipinski definition) is 2. The van der Waals surface area contributed by atoms with Gasteiger partial charge in [0.05, 0.1) is 11.7 Å². The zero-order chi connectivity index (χ0) is 12.8. The van der Waals surface area contributed by atoms with Crippen molar-refractivity contribution in [3.63, 3.8) is 0 Å². The Morgan fingerprint density at radius 3 is 2.59 bits per heavy atom. The monoisotopic (exact) mass is 238 g/mol. The summed E-state index contributed by atoms with van der Waals surface area (Å²) in [4.78, 5) is 0. The van der Waals surface area contributed by atoms with E-state index < -0.39 is 5.60 Å². The van der Waals surface area contributed by atoms with Crippen molar-refractivity contribution in [2.45, 2.75) is 65.1 Å². The van der Waals surface area contributed by atoms with Gasteiger partial charge in [0, 0.05) is 0 Å². The molecule has 4 unspecified atom stereocenters. The van der Waals surface area contributed by atoms with Crippen molar-refractivity contribution in [1.29, 1.82) is 0 Å². The molecule has 2 nitrogen and oxygen atoms in total. The van der Waals surface area contributed by atoms with Crippen LogP contribution < -0.4 is 0 Å². The molecule has 2 N–H and O–H groups in total. The molecule has 0 bridgehead atoms. The van der Waals surface area contributed by atoms with Crippen molar-refractivity contribution < 1.29 is 10.2 Å². The summed E-state index contributed by atoms with van der Waals surface area (Å²) in [6.45, 7) is 8.36. The van der Waals surface area contributed by atoms with Gasteiger partial charge in [-0.2, -0.15) is 0 Å². The second-order valence-corrected chi connectivity index (χ2v) is 6.86. The minimum atomic E-state index is -0.618. The topological polar surface area (TPSA) is 40.5 Å². The summed E-state index contributed by atoms with van der Waals surface area (Å²) in [6.07, 6.45) is 5.84. The first-order chi connectivity index (χ1) is 7.75. The molecule has 0 aromatic carbocycles. The molecule has 2 aliphatic rings. The maximum Gasteiger partial charge on any atom is 0.0755 e. The van der Waals surface area contributed by atoms with Gasteiger partial charge in [0.1, 0.15) is 0 Å². The Kier molecular flexibility index (Phi) is 3.16. The van der Waals surface area contributed by atoms with Gasteiger partial charge in [0.25, 0.3) is 0 Å². The minimum absolute atomic E-state index is 0.0839. The predicted molar refractivity (Wildman–Crippen MR) is 69.6 cm³/mol. The summed E-state index contributed by atoms with van der Waals surface area (Å²) in [7, 11) is 0. The van der Waals surface area contributed by atoms with Crippen molar-refractivity contribution in [1.82, 2.24) is 0 Å². The van der Waals surface area contributed by atoms with E-state index in [2.05, 4.69) is 19.9 Å². The normalized spacial score (nSPS) is 42.9. The predicted octanol–water partition coefficient (Wildman–Crippen LogP) is 2.89. The van der Waals surface area contributed by atoms with Crippen molar-refractivity contribution in [3.8, 4) is 0 Å². The number of rotatable bonds is 1. The zero-order valence-corrected chi connectivity index (χ0v) is 11.5. The summed E-state index contributed by atoms with van der Waals surface area (Å²) < 4.78 is 0. The third-order valence-electron chi connectivity index (χ3n) is 5.27. The van der Waals surface area contributed by atoms with Gasteiger partial charge < -0.3 is 10.2 Å². The summed E-state index contributed by atoms with van der Waals surface area (Å²) in [5.74, 6) is 0.909. The second-order valence-electron chi connectivity index (χ2n) is 6.86. The molecule has 0 saturated heterocycles. The minimum Gasteiger partial charge on any atom is -0.390 e. The highest BCUT2D eigenvalue weighted by Gasteiger charge is 2.47. The molecule has 0 spiro atoms. The zero-order valence-electron chi connectivity index (χ0n) is 11.5. The van der Waals surface area contributed by atoms with E-state index in [0.29, 0.717) is 11.8 Å². The van der Waals surface area contributed by atoms with Crippen LogP contribution in [0.1, 0.15) is 53.4 Å². The Morgan fingerprint density at radius 1 is 1.35 bits per heavy atom. The number of aliphatic hydroxyl groups is 2. The lowest BCUT2D eigenvalue weighted by Gasteiger charge is -2.50. The largest absolute Gasteiger partial charge is 0.390 e. The second kappa shape index (κ2) is 4.10. The molecule has 0 amide bonds. The van der Waals surface area contributed by atoms with Crippen LogP contribution in [0.15, 0.2) is 11.6 Å². The highest BCUT2D eigenvalue weighted by molar-refractivity contribution is 5.25. The number of hydrogen-bond acceptors (Lipinski definition) is 2. The molecule has 4 atom stereocenters. The van der Waals surface area contributed by atoms with E-state index in [1.807, 2.05) is 13.8 Å². The van der Waals surface area contributed by atoms with Gasteiger partial charge in [-0.25, -0.2) is 0 Å². The fourth-order valence-electron chi connectivity index (χ4n) is 3.64. The third-order valence-corrected chi connectivity index (χ3v) is 5.27. The van der Waals surface area contributed by atoms with E-state index in [9.17, 15) is 10.2 Å². The van der Waals surface area contributed by atoms with E-state index in [1.54, 1.807) is 0 Å². The van der Waals surface area contributed by atoms with Crippen LogP contribution >= 0.6 is 0 Å². The number of aliphatic hydroxyl groups excluding tert-OH is 1. The molecule has 0 aliphatic heterocycles. The van der Waals surface area contributed by atoms with E-state index in [4.69, 9.17) is 0 Å². The van der Waals surface area contributed by atoms with E-state index in [-0.39, 0.29) is 11.5 Å². The fourth-order valence-corrected chi connectivity index (χ4v) is 3.64. The molecule has 17 heavy (non-hydrogen) atoms. The van der Waals surface area contributed by atoms with Crippen LogP contribution in [0.2, 0.25) is 0 Å². The molecule has 1 fully saturated rings. The van der Waals surface area contributed by atoms with Crippen LogP contribution in [-0.4, -0.2) is 21.9 Å². The average Bonchev–Trinajstić information content (AvgIpc) is 2.22. The van der Waals surface area contributed by atoms with E-state index in [0.717, 1.165) is 25.7 Å². The summed E-state index contributed by atoms with van der Waals surface area (Å²) in [6, 6.07) is 0. The average molecular weight is 238 g/mol. The molecule has 0 heterocycles. The molecule has 0 aromatic rings. The molecule has 98 valence electrons. The Morgan fingerprint density at radius 2 is 2.00 bits per heavy atom. The van der Waals surface area contributed by atoms with Crippen LogP contribution in [0.4, 0.5) is 0 Å². The van der Waals surface area contributed by atoms with Gasteiger partial charge in [-0.1, -0.05) is 19.9 Å². The van der Waals surface area contributed by atoms with E-state index >= 15 is 0 Å². The van der Waals surface area contributed by atoms with Gasteiger partial charge in [0.15, 0.2) is 0 Å². The van der Waals surface area contributed by atoms with Crippen LogP contribution in [0.25, 0.3) is 0 Å². The molecular weight excluding hydrogens is 212 g/mol. The summed E-state index contributed by atoms with van der Waals surface area (Å²) >= 11 is 0. The Bertz CT molecular complexity index is 326. The SMILES string of the molecule is CC1CCC(O)C2=CCC(C(C)(C)O)CC21C. The highest BCUT2D eigenvalue weighted by Crippen LogP contribution is 2.53. The lowest BCUT2D eigenvalue weighted by atomic mass is 9.56. The smallest absolute Gasteiger partial charge is 0.0755 e. The van der Waals surface area contributed by atoms with Gasteiger partial charge in [-0.05, 0) is 62.4 Å². The molecule has 0 radical (unpaired) electrons. The quantitative estimate of drug-likeness (QED) is 0.690. The van der Waals surface area contributed by atoms with Crippen molar-refractivity contribution in [2.24, 2.45) is 17.3 Å². The number of fused-ring (bicyclic) bond motifs is 1. The molecule has 1 saturated carbocycles. The maximum absolute atomic E-state index is 10.2.